The van der Waals surface area contributed by atoms with Gasteiger partial charge in [0.2, 0.25) is 5.89 Å². The number of carbonyl (C=O) groups excluding carboxylic acids is 2. The van der Waals surface area contributed by atoms with Crippen LogP contribution >= 0.6 is 11.6 Å². The van der Waals surface area contributed by atoms with Crippen molar-refractivity contribution in [2.45, 2.75) is 19.0 Å². The van der Waals surface area contributed by atoms with Gasteiger partial charge in [0.1, 0.15) is 12.1 Å². The SMILES string of the molecule is C[C@@]1(c2ccccc2)NC(=O)N(Cc2ncc(-c3ccc(Cl)cc3)o2)C1=O. The number of imide groups is 1. The zero-order chi connectivity index (χ0) is 19.0. The highest BCUT2D eigenvalue weighted by Gasteiger charge is 2.49. The third kappa shape index (κ3) is 3.08. The lowest BCUT2D eigenvalue weighted by atomic mass is 9.92. The second-order valence-corrected chi connectivity index (χ2v) is 6.87. The lowest BCUT2D eigenvalue weighted by Crippen LogP contribution is -2.40. The Bertz CT molecular complexity index is 1000. The maximum atomic E-state index is 12.9. The predicted molar refractivity (Wildman–Crippen MR) is 99.8 cm³/mol. The molecule has 1 aliphatic heterocycles. The van der Waals surface area contributed by atoms with E-state index in [1.807, 2.05) is 42.5 Å². The molecular weight excluding hydrogens is 366 g/mol. The molecule has 0 bridgehead atoms. The molecule has 7 heteroatoms. The van der Waals surface area contributed by atoms with Crippen LogP contribution < -0.4 is 5.32 Å². The molecule has 0 radical (unpaired) electrons. The Hall–Kier alpha value is -3.12. The van der Waals surface area contributed by atoms with Crippen LogP contribution in [0.25, 0.3) is 11.3 Å². The first kappa shape index (κ1) is 17.3. The first-order valence-electron chi connectivity index (χ1n) is 8.38. The lowest BCUT2D eigenvalue weighted by Gasteiger charge is -2.21. The van der Waals surface area contributed by atoms with Crippen LogP contribution in [0.3, 0.4) is 0 Å². The summed E-state index contributed by atoms with van der Waals surface area (Å²) >= 11 is 5.89. The van der Waals surface area contributed by atoms with Gasteiger partial charge < -0.3 is 9.73 Å². The molecule has 6 nitrogen and oxygen atoms in total. The second kappa shape index (κ2) is 6.55. The van der Waals surface area contributed by atoms with E-state index in [2.05, 4.69) is 10.3 Å². The third-order valence-corrected chi connectivity index (χ3v) is 4.85. The largest absolute Gasteiger partial charge is 0.439 e. The Labute approximate surface area is 160 Å². The molecule has 27 heavy (non-hydrogen) atoms. The van der Waals surface area contributed by atoms with Crippen molar-refractivity contribution in [3.63, 3.8) is 0 Å². The summed E-state index contributed by atoms with van der Waals surface area (Å²) in [5.74, 6) is 0.477. The van der Waals surface area contributed by atoms with Crippen LogP contribution in [-0.2, 0) is 16.9 Å². The van der Waals surface area contributed by atoms with Gasteiger partial charge in [0.25, 0.3) is 5.91 Å². The molecule has 1 fully saturated rings. The van der Waals surface area contributed by atoms with E-state index in [4.69, 9.17) is 16.0 Å². The van der Waals surface area contributed by atoms with Crippen molar-refractivity contribution in [1.29, 1.82) is 0 Å². The molecular formula is C20H16ClN3O3. The summed E-state index contributed by atoms with van der Waals surface area (Å²) in [5.41, 5.74) is 0.425. The maximum Gasteiger partial charge on any atom is 0.325 e. The fourth-order valence-electron chi connectivity index (χ4n) is 3.07. The highest BCUT2D eigenvalue weighted by molar-refractivity contribution is 6.30. The summed E-state index contributed by atoms with van der Waals surface area (Å²) in [7, 11) is 0. The van der Waals surface area contributed by atoms with E-state index in [0.29, 0.717) is 10.8 Å². The van der Waals surface area contributed by atoms with E-state index in [1.54, 1.807) is 25.3 Å². The highest BCUT2D eigenvalue weighted by Crippen LogP contribution is 2.30. The molecule has 2 heterocycles. The summed E-state index contributed by atoms with van der Waals surface area (Å²) in [4.78, 5) is 30.6. The van der Waals surface area contributed by atoms with E-state index in [0.717, 1.165) is 16.0 Å². The smallest absolute Gasteiger partial charge is 0.325 e. The fraction of sp³-hybridized carbons (Fsp3) is 0.150. The van der Waals surface area contributed by atoms with E-state index < -0.39 is 11.6 Å². The molecule has 1 aromatic heterocycles. The number of urea groups is 1. The van der Waals surface area contributed by atoms with Crippen LogP contribution in [0.2, 0.25) is 5.02 Å². The third-order valence-electron chi connectivity index (χ3n) is 4.60. The maximum absolute atomic E-state index is 12.9. The second-order valence-electron chi connectivity index (χ2n) is 6.44. The van der Waals surface area contributed by atoms with E-state index in [1.165, 1.54) is 0 Å². The molecule has 1 N–H and O–H groups in total. The van der Waals surface area contributed by atoms with Crippen LogP contribution in [0.1, 0.15) is 18.4 Å². The average Bonchev–Trinajstić information content (AvgIpc) is 3.23. The standard InChI is InChI=1S/C20H16ClN3O3/c1-20(14-5-3-2-4-6-14)18(25)24(19(26)23-20)12-17-22-11-16(27-17)13-7-9-15(21)10-8-13/h2-11H,12H2,1H3,(H,23,26)/t20-/m0/s1. The van der Waals surface area contributed by atoms with Crippen molar-refractivity contribution in [3.8, 4) is 11.3 Å². The lowest BCUT2D eigenvalue weighted by molar-refractivity contribution is -0.131. The topological polar surface area (TPSA) is 75.4 Å². The summed E-state index contributed by atoms with van der Waals surface area (Å²) in [5, 5.41) is 3.39. The summed E-state index contributed by atoms with van der Waals surface area (Å²) < 4.78 is 5.71. The van der Waals surface area contributed by atoms with E-state index >= 15 is 0 Å². The van der Waals surface area contributed by atoms with Gasteiger partial charge in [-0.2, -0.15) is 0 Å². The zero-order valence-corrected chi connectivity index (χ0v) is 15.2. The molecule has 4 rings (SSSR count). The van der Waals surface area contributed by atoms with Crippen LogP contribution in [-0.4, -0.2) is 21.8 Å². The molecule has 1 aliphatic rings. The number of nitrogens with one attached hydrogen (secondary N) is 1. The molecule has 136 valence electrons. The van der Waals surface area contributed by atoms with Crippen molar-refractivity contribution >= 4 is 23.5 Å². The summed E-state index contributed by atoms with van der Waals surface area (Å²) in [6.45, 7) is 1.65. The van der Waals surface area contributed by atoms with E-state index in [9.17, 15) is 9.59 Å². The molecule has 3 amide bonds. The van der Waals surface area contributed by atoms with Crippen molar-refractivity contribution < 1.29 is 14.0 Å². The molecule has 0 spiro atoms. The molecule has 1 atom stereocenters. The number of nitrogens with zero attached hydrogens (tertiary/aromatic N) is 2. The van der Waals surface area contributed by atoms with Crippen molar-refractivity contribution in [3.05, 3.63) is 77.3 Å². The number of hydrogen-bond donors (Lipinski definition) is 1. The molecule has 0 unspecified atom stereocenters. The van der Waals surface area contributed by atoms with Gasteiger partial charge in [-0.3, -0.25) is 9.69 Å². The minimum absolute atomic E-state index is 0.0410. The number of amides is 3. The summed E-state index contributed by atoms with van der Waals surface area (Å²) in [6, 6.07) is 15.8. The Morgan fingerprint density at radius 3 is 2.52 bits per heavy atom. The van der Waals surface area contributed by atoms with Gasteiger partial charge in [0.15, 0.2) is 5.76 Å². The number of benzene rings is 2. The zero-order valence-electron chi connectivity index (χ0n) is 14.5. The quantitative estimate of drug-likeness (QED) is 0.694. The molecule has 2 aromatic carbocycles. The fourth-order valence-corrected chi connectivity index (χ4v) is 3.20. The number of hydrogen-bond acceptors (Lipinski definition) is 4. The highest BCUT2D eigenvalue weighted by atomic mass is 35.5. The summed E-state index contributed by atoms with van der Waals surface area (Å²) in [6.07, 6.45) is 1.56. The minimum atomic E-state index is -1.11. The number of carbonyl (C=O) groups is 2. The van der Waals surface area contributed by atoms with E-state index in [-0.39, 0.29) is 18.3 Å². The average molecular weight is 382 g/mol. The van der Waals surface area contributed by atoms with Gasteiger partial charge in [-0.05, 0) is 36.8 Å². The van der Waals surface area contributed by atoms with Crippen LogP contribution in [0, 0.1) is 0 Å². The monoisotopic (exact) mass is 381 g/mol. The van der Waals surface area contributed by atoms with Gasteiger partial charge in [-0.15, -0.1) is 0 Å². The number of halogens is 1. The molecule has 3 aromatic rings. The number of aromatic nitrogens is 1. The van der Waals surface area contributed by atoms with Crippen LogP contribution in [0.15, 0.2) is 65.2 Å². The first-order valence-corrected chi connectivity index (χ1v) is 8.75. The Morgan fingerprint density at radius 2 is 1.81 bits per heavy atom. The van der Waals surface area contributed by atoms with Gasteiger partial charge >= 0.3 is 6.03 Å². The Balaban J connectivity index is 1.56. The van der Waals surface area contributed by atoms with Gasteiger partial charge in [-0.25, -0.2) is 9.78 Å². The van der Waals surface area contributed by atoms with Crippen molar-refractivity contribution in [2.24, 2.45) is 0 Å². The van der Waals surface area contributed by atoms with Crippen LogP contribution in [0.4, 0.5) is 4.79 Å². The molecule has 0 saturated carbocycles. The molecule has 1 saturated heterocycles. The number of oxazole rings is 1. The minimum Gasteiger partial charge on any atom is -0.439 e. The van der Waals surface area contributed by atoms with Crippen molar-refractivity contribution in [1.82, 2.24) is 15.2 Å². The van der Waals surface area contributed by atoms with Crippen LogP contribution in [0.5, 0.6) is 0 Å². The van der Waals surface area contributed by atoms with Gasteiger partial charge in [0.05, 0.1) is 6.20 Å². The van der Waals surface area contributed by atoms with Gasteiger partial charge in [0, 0.05) is 10.6 Å². The predicted octanol–water partition coefficient (Wildman–Crippen LogP) is 3.96. The number of rotatable bonds is 4. The normalized spacial score (nSPS) is 19.4. The van der Waals surface area contributed by atoms with Gasteiger partial charge in [-0.1, -0.05) is 41.9 Å². The Kier molecular flexibility index (Phi) is 4.20. The Morgan fingerprint density at radius 1 is 1.11 bits per heavy atom. The molecule has 0 aliphatic carbocycles. The van der Waals surface area contributed by atoms with Crippen molar-refractivity contribution in [2.75, 3.05) is 0 Å². The first-order chi connectivity index (χ1) is 13.0.